The third-order valence-corrected chi connectivity index (χ3v) is 11.7. The van der Waals surface area contributed by atoms with E-state index in [1.165, 1.54) is 22.9 Å². The van der Waals surface area contributed by atoms with Crippen LogP contribution in [0.5, 0.6) is 0 Å². The normalized spacial score (nSPS) is 24.3. The van der Waals surface area contributed by atoms with E-state index in [1.807, 2.05) is 52.8 Å². The molecule has 0 unspecified atom stereocenters. The number of hydrogen-bond acceptors (Lipinski definition) is 4. The molecule has 1 fully saturated rings. The predicted molar refractivity (Wildman–Crippen MR) is 161 cm³/mol. The largest absolute Gasteiger partial charge is 0.269 e. The maximum absolute atomic E-state index is 15.6. The van der Waals surface area contributed by atoms with Gasteiger partial charge in [0.15, 0.2) is 0 Å². The van der Waals surface area contributed by atoms with Crippen LogP contribution in [0.15, 0.2) is 30.3 Å². The molecule has 9 heteroatoms. The molecule has 2 aliphatic heterocycles. The van der Waals surface area contributed by atoms with Gasteiger partial charge in [-0.25, -0.2) is 21.2 Å². The Morgan fingerprint density at radius 1 is 0.900 bits per heavy atom. The molecule has 0 atom stereocenters. The number of rotatable bonds is 5. The monoisotopic (exact) mass is 590 g/mol. The van der Waals surface area contributed by atoms with Gasteiger partial charge in [0.1, 0.15) is 5.82 Å². The van der Waals surface area contributed by atoms with Crippen molar-refractivity contribution in [2.24, 2.45) is 5.92 Å². The first-order valence-electron chi connectivity index (χ1n) is 14.0. The fourth-order valence-electron chi connectivity index (χ4n) is 7.98. The van der Waals surface area contributed by atoms with Gasteiger partial charge in [-0.1, -0.05) is 58.9 Å². The number of benzene rings is 2. The first kappa shape index (κ1) is 29.4. The standard InChI is InChI=1S/C31H43FN2O4S2/c1-28(2,3)22-13-14-24(32)25-27(22)33(39(8,35)36)19-31(25)16-20(17-31)15-29(4,5)23-12-10-11-21-18-30(6,7)34(26(21)23)40(9,37)38/h10-14,20H,15-19H2,1-9H3. The molecule has 0 aromatic heterocycles. The average molecular weight is 591 g/mol. The van der Waals surface area contributed by atoms with Gasteiger partial charge in [0.2, 0.25) is 20.0 Å². The summed E-state index contributed by atoms with van der Waals surface area (Å²) in [7, 11) is -7.08. The van der Waals surface area contributed by atoms with Gasteiger partial charge in [-0.15, -0.1) is 0 Å². The molecule has 0 saturated heterocycles. The van der Waals surface area contributed by atoms with Crippen LogP contribution in [0.1, 0.15) is 90.0 Å². The maximum Gasteiger partial charge on any atom is 0.232 e. The van der Waals surface area contributed by atoms with Crippen molar-refractivity contribution in [3.63, 3.8) is 0 Å². The number of nitrogens with zero attached hydrogens (tertiary/aromatic N) is 2. The van der Waals surface area contributed by atoms with Crippen LogP contribution < -0.4 is 8.61 Å². The third-order valence-electron chi connectivity index (χ3n) is 9.28. The van der Waals surface area contributed by atoms with E-state index in [4.69, 9.17) is 0 Å². The molecule has 1 spiro atoms. The van der Waals surface area contributed by atoms with Gasteiger partial charge >= 0.3 is 0 Å². The molecule has 6 nitrogen and oxygen atoms in total. The molecule has 5 rings (SSSR count). The fraction of sp³-hybridized carbons (Fsp3) is 0.613. The Hall–Kier alpha value is -2.13. The first-order valence-corrected chi connectivity index (χ1v) is 17.7. The molecule has 2 aromatic rings. The molecule has 2 heterocycles. The second kappa shape index (κ2) is 8.69. The molecule has 0 radical (unpaired) electrons. The number of fused-ring (bicyclic) bond motifs is 3. The first-order chi connectivity index (χ1) is 18.1. The lowest BCUT2D eigenvalue weighted by Crippen LogP contribution is -2.48. The molecule has 1 aliphatic carbocycles. The smallest absolute Gasteiger partial charge is 0.232 e. The maximum atomic E-state index is 15.6. The van der Waals surface area contributed by atoms with Gasteiger partial charge in [-0.3, -0.25) is 8.61 Å². The number of halogens is 1. The Morgan fingerprint density at radius 2 is 1.52 bits per heavy atom. The van der Waals surface area contributed by atoms with Crippen molar-refractivity contribution < 1.29 is 21.2 Å². The van der Waals surface area contributed by atoms with E-state index < -0.39 is 31.0 Å². The summed E-state index contributed by atoms with van der Waals surface area (Å²) in [6.45, 7) is 14.6. The number of hydrogen-bond donors (Lipinski definition) is 0. The molecule has 0 bridgehead atoms. The predicted octanol–water partition coefficient (Wildman–Crippen LogP) is 6.02. The van der Waals surface area contributed by atoms with Crippen molar-refractivity contribution in [2.75, 3.05) is 27.7 Å². The Bertz CT molecular complexity index is 1600. The van der Waals surface area contributed by atoms with Crippen molar-refractivity contribution in [1.82, 2.24) is 0 Å². The lowest BCUT2D eigenvalue weighted by atomic mass is 9.55. The summed E-state index contributed by atoms with van der Waals surface area (Å²) in [4.78, 5) is 0. The van der Waals surface area contributed by atoms with E-state index in [0.717, 1.165) is 28.8 Å². The van der Waals surface area contributed by atoms with Gasteiger partial charge < -0.3 is 0 Å². The molecular formula is C31H43FN2O4S2. The van der Waals surface area contributed by atoms with E-state index >= 15 is 4.39 Å². The summed E-state index contributed by atoms with van der Waals surface area (Å²) in [6, 6.07) is 9.30. The molecule has 3 aliphatic rings. The fourth-order valence-corrected chi connectivity index (χ4v) is 10.5. The summed E-state index contributed by atoms with van der Waals surface area (Å²) in [5.74, 6) is -0.0872. The lowest BCUT2D eigenvalue weighted by molar-refractivity contribution is 0.123. The minimum atomic E-state index is -3.59. The van der Waals surface area contributed by atoms with Crippen LogP contribution in [0.4, 0.5) is 15.8 Å². The van der Waals surface area contributed by atoms with Crippen LogP contribution >= 0.6 is 0 Å². The zero-order chi connectivity index (χ0) is 29.8. The quantitative estimate of drug-likeness (QED) is 0.427. The highest BCUT2D eigenvalue weighted by atomic mass is 32.2. The molecule has 1 saturated carbocycles. The Labute approximate surface area is 240 Å². The van der Waals surface area contributed by atoms with Crippen molar-refractivity contribution >= 4 is 31.4 Å². The molecular weight excluding hydrogens is 547 g/mol. The van der Waals surface area contributed by atoms with E-state index in [-0.39, 0.29) is 29.1 Å². The zero-order valence-corrected chi connectivity index (χ0v) is 26.9. The van der Waals surface area contributed by atoms with Gasteiger partial charge in [-0.2, -0.15) is 0 Å². The molecule has 40 heavy (non-hydrogen) atoms. The second-order valence-corrected chi connectivity index (χ2v) is 18.5. The molecule has 0 N–H and O–H groups in total. The molecule has 2 aromatic carbocycles. The third kappa shape index (κ3) is 4.55. The van der Waals surface area contributed by atoms with Crippen LogP contribution in [0.2, 0.25) is 0 Å². The number of para-hydroxylation sites is 1. The van der Waals surface area contributed by atoms with Crippen LogP contribution in [0, 0.1) is 11.7 Å². The minimum absolute atomic E-state index is 0.247. The van der Waals surface area contributed by atoms with Gasteiger partial charge in [-0.05, 0) is 79.0 Å². The van der Waals surface area contributed by atoms with E-state index in [2.05, 4.69) is 13.8 Å². The van der Waals surface area contributed by atoms with Crippen LogP contribution in [-0.4, -0.2) is 41.4 Å². The highest BCUT2D eigenvalue weighted by Gasteiger charge is 2.57. The van der Waals surface area contributed by atoms with Crippen molar-refractivity contribution in [2.45, 2.75) is 95.9 Å². The minimum Gasteiger partial charge on any atom is -0.269 e. The van der Waals surface area contributed by atoms with E-state index in [1.54, 1.807) is 10.4 Å². The molecule has 220 valence electrons. The topological polar surface area (TPSA) is 74.8 Å². The summed E-state index contributed by atoms with van der Waals surface area (Å²) < 4.78 is 70.3. The Kier molecular flexibility index (Phi) is 6.38. The average Bonchev–Trinajstić information content (AvgIpc) is 3.24. The highest BCUT2D eigenvalue weighted by Crippen LogP contribution is 2.61. The summed E-state index contributed by atoms with van der Waals surface area (Å²) in [5.41, 5.74) is 2.98. The van der Waals surface area contributed by atoms with Gasteiger partial charge in [0.05, 0.1) is 29.4 Å². The Morgan fingerprint density at radius 3 is 2.08 bits per heavy atom. The SMILES string of the molecule is CC(C)(C)c1ccc(F)c2c1N(S(C)(=O)=O)CC21CC(CC(C)(C)c2cccc3c2N(S(C)(=O)=O)C(C)(C)C3)C1. The van der Waals surface area contributed by atoms with Crippen LogP contribution in [0.3, 0.4) is 0 Å². The van der Waals surface area contributed by atoms with Gasteiger partial charge in [0.25, 0.3) is 0 Å². The van der Waals surface area contributed by atoms with E-state index in [0.29, 0.717) is 30.5 Å². The summed E-state index contributed by atoms with van der Waals surface area (Å²) >= 11 is 0. The van der Waals surface area contributed by atoms with Gasteiger partial charge in [0, 0.05) is 17.5 Å². The van der Waals surface area contributed by atoms with Crippen molar-refractivity contribution in [1.29, 1.82) is 0 Å². The second-order valence-electron chi connectivity index (χ2n) is 14.8. The Balaban J connectivity index is 1.49. The van der Waals surface area contributed by atoms with E-state index in [9.17, 15) is 16.8 Å². The highest BCUT2D eigenvalue weighted by molar-refractivity contribution is 7.92. The number of sulfonamides is 2. The molecule has 0 amide bonds. The lowest BCUT2D eigenvalue weighted by Gasteiger charge is -2.48. The van der Waals surface area contributed by atoms with Crippen LogP contribution in [-0.2, 0) is 42.7 Å². The number of anilines is 2. The summed E-state index contributed by atoms with van der Waals surface area (Å²) in [6.07, 6.45) is 5.30. The van der Waals surface area contributed by atoms with Crippen molar-refractivity contribution in [3.05, 3.63) is 58.4 Å². The van der Waals surface area contributed by atoms with Crippen molar-refractivity contribution in [3.8, 4) is 0 Å². The van der Waals surface area contributed by atoms with Crippen LogP contribution in [0.25, 0.3) is 0 Å². The zero-order valence-electron chi connectivity index (χ0n) is 25.2. The summed E-state index contributed by atoms with van der Waals surface area (Å²) in [5, 5.41) is 0.